The molecule has 0 saturated heterocycles. The van der Waals surface area contributed by atoms with E-state index in [1.54, 1.807) is 36.6 Å². The van der Waals surface area contributed by atoms with Gasteiger partial charge in [0.1, 0.15) is 5.75 Å². The van der Waals surface area contributed by atoms with E-state index in [0.717, 1.165) is 0 Å². The highest BCUT2D eigenvalue weighted by atomic mass is 79.9. The maximum atomic E-state index is 12.2. The summed E-state index contributed by atoms with van der Waals surface area (Å²) in [4.78, 5) is 12.7. The third-order valence-corrected chi connectivity index (χ3v) is 6.27. The molecule has 100 valence electrons. The van der Waals surface area contributed by atoms with E-state index in [2.05, 4.69) is 15.9 Å². The lowest BCUT2D eigenvalue weighted by atomic mass is 10.2. The molecule has 0 bridgehead atoms. The van der Waals surface area contributed by atoms with Gasteiger partial charge < -0.3 is 0 Å². The van der Waals surface area contributed by atoms with Crippen LogP contribution in [-0.4, -0.2) is 20.0 Å². The lowest BCUT2D eigenvalue weighted by Gasteiger charge is -2.06. The van der Waals surface area contributed by atoms with Crippen molar-refractivity contribution in [1.82, 2.24) is 0 Å². The van der Waals surface area contributed by atoms with Gasteiger partial charge in [0.2, 0.25) is 0 Å². The molecule has 2 rings (SSSR count). The zero-order chi connectivity index (χ0) is 14.0. The summed E-state index contributed by atoms with van der Waals surface area (Å²) >= 11 is 4.48. The van der Waals surface area contributed by atoms with Crippen molar-refractivity contribution >= 4 is 42.9 Å². The summed E-state index contributed by atoms with van der Waals surface area (Å²) in [7, 11) is -3.60. The van der Waals surface area contributed by atoms with Gasteiger partial charge in [-0.3, -0.25) is 4.79 Å². The fraction of sp³-hybridized carbons (Fsp3) is 0.154. The van der Waals surface area contributed by atoms with E-state index in [-0.39, 0.29) is 10.7 Å². The maximum absolute atomic E-state index is 12.2. The molecular weight excluding hydrogens is 348 g/mol. The smallest absolute Gasteiger partial charge is 0.189 e. The Morgan fingerprint density at radius 1 is 1.26 bits per heavy atom. The molecule has 19 heavy (non-hydrogen) atoms. The minimum atomic E-state index is -3.60. The van der Waals surface area contributed by atoms with Crippen LogP contribution in [0.5, 0.6) is 0 Å². The molecule has 6 heteroatoms. The van der Waals surface area contributed by atoms with Crippen LogP contribution in [0.4, 0.5) is 0 Å². The Morgan fingerprint density at radius 2 is 1.95 bits per heavy atom. The monoisotopic (exact) mass is 358 g/mol. The topological polar surface area (TPSA) is 51.2 Å². The summed E-state index contributed by atoms with van der Waals surface area (Å²) in [6.07, 6.45) is 0. The van der Waals surface area contributed by atoms with E-state index in [1.807, 2.05) is 0 Å². The van der Waals surface area contributed by atoms with E-state index in [9.17, 15) is 13.2 Å². The number of hydrogen-bond acceptors (Lipinski definition) is 4. The van der Waals surface area contributed by atoms with Gasteiger partial charge in [-0.1, -0.05) is 18.2 Å². The standard InChI is InChI=1S/C13H11BrO3S2/c1-9-4-2-3-5-12(9)19(16,17)8-11(15)13-10(14)6-7-18-13/h2-7H,8H2,1H3. The van der Waals surface area contributed by atoms with Gasteiger partial charge in [0.15, 0.2) is 15.6 Å². The van der Waals surface area contributed by atoms with Gasteiger partial charge in [0.25, 0.3) is 0 Å². The van der Waals surface area contributed by atoms with Crippen LogP contribution in [0.2, 0.25) is 0 Å². The molecule has 3 nitrogen and oxygen atoms in total. The third-order valence-electron chi connectivity index (χ3n) is 2.62. The number of carbonyl (C=O) groups excluding carboxylic acids is 1. The molecular formula is C13H11BrO3S2. The molecule has 2 aromatic rings. The number of rotatable bonds is 4. The Bertz CT molecular complexity index is 717. The summed E-state index contributed by atoms with van der Waals surface area (Å²) in [6.45, 7) is 1.72. The van der Waals surface area contributed by atoms with E-state index in [4.69, 9.17) is 0 Å². The Balaban J connectivity index is 2.31. The Kier molecular flexibility index (Phi) is 4.23. The lowest BCUT2D eigenvalue weighted by Crippen LogP contribution is -2.16. The number of benzene rings is 1. The van der Waals surface area contributed by atoms with Gasteiger partial charge in [-0.2, -0.15) is 0 Å². The first kappa shape index (κ1) is 14.4. The predicted octanol–water partition coefficient (Wildman–Crippen LogP) is 3.48. The molecule has 0 fully saturated rings. The number of carbonyl (C=O) groups is 1. The SMILES string of the molecule is Cc1ccccc1S(=O)(=O)CC(=O)c1sccc1Br. The average Bonchev–Trinajstić information content (AvgIpc) is 2.75. The molecule has 0 spiro atoms. The molecule has 0 N–H and O–H groups in total. The van der Waals surface area contributed by atoms with Gasteiger partial charge >= 0.3 is 0 Å². The summed E-state index contributed by atoms with van der Waals surface area (Å²) in [5, 5.41) is 1.75. The van der Waals surface area contributed by atoms with Crippen molar-refractivity contribution < 1.29 is 13.2 Å². The number of sulfone groups is 1. The second-order valence-electron chi connectivity index (χ2n) is 4.05. The van der Waals surface area contributed by atoms with Crippen LogP contribution < -0.4 is 0 Å². The predicted molar refractivity (Wildman–Crippen MR) is 79.6 cm³/mol. The zero-order valence-corrected chi connectivity index (χ0v) is 13.3. The molecule has 0 aliphatic rings. The summed E-state index contributed by atoms with van der Waals surface area (Å²) < 4.78 is 25.1. The van der Waals surface area contributed by atoms with Crippen LogP contribution in [-0.2, 0) is 9.84 Å². The first-order valence-electron chi connectivity index (χ1n) is 5.46. The summed E-state index contributed by atoms with van der Waals surface area (Å²) in [6, 6.07) is 8.41. The highest BCUT2D eigenvalue weighted by Crippen LogP contribution is 2.25. The van der Waals surface area contributed by atoms with E-state index in [0.29, 0.717) is 14.9 Å². The van der Waals surface area contributed by atoms with Gasteiger partial charge in [0, 0.05) is 4.47 Å². The minimum absolute atomic E-state index is 0.219. The Hall–Kier alpha value is -0.980. The third kappa shape index (κ3) is 3.13. The number of halogens is 1. The van der Waals surface area contributed by atoms with Crippen molar-refractivity contribution in [2.75, 3.05) is 5.75 Å². The maximum Gasteiger partial charge on any atom is 0.189 e. The average molecular weight is 359 g/mol. The number of aryl methyl sites for hydroxylation is 1. The summed E-state index contributed by atoms with van der Waals surface area (Å²) in [5.74, 6) is -0.887. The fourth-order valence-corrected chi connectivity index (χ4v) is 4.83. The second-order valence-corrected chi connectivity index (χ2v) is 7.77. The highest BCUT2D eigenvalue weighted by Gasteiger charge is 2.23. The zero-order valence-electron chi connectivity index (χ0n) is 10.1. The first-order valence-corrected chi connectivity index (χ1v) is 8.79. The molecule has 0 unspecified atom stereocenters. The van der Waals surface area contributed by atoms with Crippen molar-refractivity contribution in [2.45, 2.75) is 11.8 Å². The van der Waals surface area contributed by atoms with Gasteiger partial charge in [-0.25, -0.2) is 8.42 Å². The van der Waals surface area contributed by atoms with Crippen LogP contribution in [0.3, 0.4) is 0 Å². The van der Waals surface area contributed by atoms with Crippen LogP contribution in [0.1, 0.15) is 15.2 Å². The van der Waals surface area contributed by atoms with Gasteiger partial charge in [0.05, 0.1) is 9.77 Å². The van der Waals surface area contributed by atoms with E-state index >= 15 is 0 Å². The fourth-order valence-electron chi connectivity index (χ4n) is 1.71. The van der Waals surface area contributed by atoms with Crippen molar-refractivity contribution in [3.05, 3.63) is 50.6 Å². The summed E-state index contributed by atoms with van der Waals surface area (Å²) in [5.41, 5.74) is 0.653. The van der Waals surface area contributed by atoms with Crippen LogP contribution in [0.25, 0.3) is 0 Å². The first-order chi connectivity index (χ1) is 8.92. The Labute approximate surface area is 124 Å². The van der Waals surface area contributed by atoms with Crippen molar-refractivity contribution in [2.24, 2.45) is 0 Å². The molecule has 0 atom stereocenters. The largest absolute Gasteiger partial charge is 0.292 e. The van der Waals surface area contributed by atoms with Crippen molar-refractivity contribution in [3.63, 3.8) is 0 Å². The molecule has 0 radical (unpaired) electrons. The molecule has 0 aliphatic heterocycles. The van der Waals surface area contributed by atoms with Crippen LogP contribution >= 0.6 is 27.3 Å². The second kappa shape index (κ2) is 5.56. The quantitative estimate of drug-likeness (QED) is 0.786. The van der Waals surface area contributed by atoms with Crippen LogP contribution in [0, 0.1) is 6.92 Å². The van der Waals surface area contributed by atoms with E-state index in [1.165, 1.54) is 17.4 Å². The molecule has 1 aromatic carbocycles. The Morgan fingerprint density at radius 3 is 2.53 bits per heavy atom. The molecule has 1 heterocycles. The number of hydrogen-bond donors (Lipinski definition) is 0. The number of ketones is 1. The lowest BCUT2D eigenvalue weighted by molar-refractivity contribution is 0.102. The molecule has 0 aliphatic carbocycles. The van der Waals surface area contributed by atoms with E-state index < -0.39 is 15.6 Å². The molecule has 0 amide bonds. The number of Topliss-reactive ketones (excluding diaryl/α,β-unsaturated/α-hetero) is 1. The minimum Gasteiger partial charge on any atom is -0.292 e. The van der Waals surface area contributed by atoms with Crippen LogP contribution in [0.15, 0.2) is 45.1 Å². The highest BCUT2D eigenvalue weighted by molar-refractivity contribution is 9.10. The molecule has 0 saturated carbocycles. The van der Waals surface area contributed by atoms with Crippen molar-refractivity contribution in [3.8, 4) is 0 Å². The molecule has 1 aromatic heterocycles. The normalized spacial score (nSPS) is 11.5. The number of thiophene rings is 1. The van der Waals surface area contributed by atoms with Crippen molar-refractivity contribution in [1.29, 1.82) is 0 Å². The van der Waals surface area contributed by atoms with Gasteiger partial charge in [-0.05, 0) is 45.9 Å². The van der Waals surface area contributed by atoms with Gasteiger partial charge in [-0.15, -0.1) is 11.3 Å².